The van der Waals surface area contributed by atoms with Gasteiger partial charge in [0.2, 0.25) is 5.91 Å². The highest BCUT2D eigenvalue weighted by Gasteiger charge is 2.28. The van der Waals surface area contributed by atoms with E-state index >= 15 is 0 Å². The molecule has 0 aromatic carbocycles. The average Bonchev–Trinajstić information content (AvgIpc) is 2.76. The van der Waals surface area contributed by atoms with Crippen molar-refractivity contribution in [2.75, 3.05) is 6.54 Å². The van der Waals surface area contributed by atoms with E-state index in [0.29, 0.717) is 5.92 Å². The maximum atomic E-state index is 12.2. The lowest BCUT2D eigenvalue weighted by Crippen LogP contribution is -2.51. The van der Waals surface area contributed by atoms with Gasteiger partial charge in [-0.15, -0.1) is 10.2 Å². The molecule has 100 valence electrons. The second kappa shape index (κ2) is 5.48. The van der Waals surface area contributed by atoms with E-state index in [1.165, 1.54) is 0 Å². The van der Waals surface area contributed by atoms with E-state index in [0.717, 1.165) is 25.2 Å². The van der Waals surface area contributed by atoms with Gasteiger partial charge in [-0.3, -0.25) is 4.79 Å². The number of amides is 1. The minimum atomic E-state index is -0.124. The quantitative estimate of drug-likeness (QED) is 0.814. The molecule has 1 aromatic heterocycles. The topological polar surface area (TPSA) is 71.8 Å². The number of nitrogens with zero attached hydrogens (tertiary/aromatic N) is 3. The van der Waals surface area contributed by atoms with Gasteiger partial charge in [0, 0.05) is 7.05 Å². The van der Waals surface area contributed by atoms with Crippen LogP contribution in [0.1, 0.15) is 38.6 Å². The van der Waals surface area contributed by atoms with E-state index in [2.05, 4.69) is 27.8 Å². The van der Waals surface area contributed by atoms with E-state index in [1.54, 1.807) is 6.33 Å². The fraction of sp³-hybridized carbons (Fsp3) is 0.750. The van der Waals surface area contributed by atoms with Crippen LogP contribution in [-0.4, -0.2) is 33.3 Å². The maximum Gasteiger partial charge on any atom is 0.237 e. The van der Waals surface area contributed by atoms with Crippen molar-refractivity contribution in [2.45, 2.75) is 38.8 Å². The molecular formula is C12H21N5O. The predicted octanol–water partition coefficient (Wildman–Crippen LogP) is 0.380. The van der Waals surface area contributed by atoms with Crippen LogP contribution in [0.2, 0.25) is 0 Å². The van der Waals surface area contributed by atoms with Crippen molar-refractivity contribution >= 4 is 5.91 Å². The van der Waals surface area contributed by atoms with Gasteiger partial charge in [-0.1, -0.05) is 6.92 Å². The summed E-state index contributed by atoms with van der Waals surface area (Å²) in [6.45, 7) is 4.96. The molecule has 3 unspecified atom stereocenters. The third-order valence-corrected chi connectivity index (χ3v) is 3.54. The third kappa shape index (κ3) is 2.69. The minimum absolute atomic E-state index is 0.0534. The molecule has 1 fully saturated rings. The minimum Gasteiger partial charge on any atom is -0.345 e. The molecule has 2 rings (SSSR count). The summed E-state index contributed by atoms with van der Waals surface area (Å²) < 4.78 is 1.82. The van der Waals surface area contributed by atoms with Crippen molar-refractivity contribution in [3.05, 3.63) is 12.2 Å². The van der Waals surface area contributed by atoms with Crippen LogP contribution in [0.4, 0.5) is 0 Å². The summed E-state index contributed by atoms with van der Waals surface area (Å²) in [4.78, 5) is 12.2. The molecule has 1 saturated heterocycles. The fourth-order valence-corrected chi connectivity index (χ4v) is 2.45. The van der Waals surface area contributed by atoms with Gasteiger partial charge in [0.05, 0.1) is 12.1 Å². The number of hydrogen-bond acceptors (Lipinski definition) is 4. The Labute approximate surface area is 107 Å². The van der Waals surface area contributed by atoms with Crippen molar-refractivity contribution in [3.63, 3.8) is 0 Å². The van der Waals surface area contributed by atoms with Gasteiger partial charge in [0.1, 0.15) is 6.33 Å². The standard InChI is InChI=1S/C12H21N5O/c1-8-5-4-6-13-10(8)12(18)15-9(2)11-16-14-7-17(11)3/h7-10,13H,4-6H2,1-3H3,(H,15,18). The zero-order chi connectivity index (χ0) is 13.1. The predicted molar refractivity (Wildman–Crippen MR) is 67.7 cm³/mol. The number of nitrogens with one attached hydrogen (secondary N) is 2. The normalized spacial score (nSPS) is 25.7. The first-order chi connectivity index (χ1) is 8.59. The van der Waals surface area contributed by atoms with Crippen LogP contribution < -0.4 is 10.6 Å². The van der Waals surface area contributed by atoms with Crippen LogP contribution in [0.5, 0.6) is 0 Å². The third-order valence-electron chi connectivity index (χ3n) is 3.54. The molecule has 0 radical (unpaired) electrons. The largest absolute Gasteiger partial charge is 0.345 e. The van der Waals surface area contributed by atoms with Crippen molar-refractivity contribution in [1.82, 2.24) is 25.4 Å². The number of piperidine rings is 1. The molecule has 3 atom stereocenters. The Balaban J connectivity index is 1.96. The summed E-state index contributed by atoms with van der Waals surface area (Å²) in [5.41, 5.74) is 0. The Kier molecular flexibility index (Phi) is 3.96. The zero-order valence-corrected chi connectivity index (χ0v) is 11.2. The van der Waals surface area contributed by atoms with E-state index < -0.39 is 0 Å². The van der Waals surface area contributed by atoms with Gasteiger partial charge in [0.15, 0.2) is 5.82 Å². The number of hydrogen-bond donors (Lipinski definition) is 2. The summed E-state index contributed by atoms with van der Waals surface area (Å²) in [5, 5.41) is 14.1. The second-order valence-corrected chi connectivity index (χ2v) is 5.08. The highest BCUT2D eigenvalue weighted by Crippen LogP contribution is 2.17. The SMILES string of the molecule is CC(NC(=O)C1NCCCC1C)c1nncn1C. The van der Waals surface area contributed by atoms with Crippen molar-refractivity contribution in [2.24, 2.45) is 13.0 Å². The molecule has 1 amide bonds. The maximum absolute atomic E-state index is 12.2. The van der Waals surface area contributed by atoms with Gasteiger partial charge < -0.3 is 15.2 Å². The van der Waals surface area contributed by atoms with Crippen molar-refractivity contribution in [3.8, 4) is 0 Å². The van der Waals surface area contributed by atoms with Gasteiger partial charge in [-0.05, 0) is 32.2 Å². The smallest absolute Gasteiger partial charge is 0.237 e. The molecule has 1 aliphatic heterocycles. The molecule has 2 N–H and O–H groups in total. The van der Waals surface area contributed by atoms with Crippen LogP contribution in [-0.2, 0) is 11.8 Å². The number of aromatic nitrogens is 3. The number of aryl methyl sites for hydroxylation is 1. The second-order valence-electron chi connectivity index (χ2n) is 5.08. The highest BCUT2D eigenvalue weighted by molar-refractivity contribution is 5.82. The average molecular weight is 251 g/mol. The molecule has 6 nitrogen and oxygen atoms in total. The van der Waals surface area contributed by atoms with Gasteiger partial charge in [0.25, 0.3) is 0 Å². The Morgan fingerprint density at radius 2 is 2.44 bits per heavy atom. The monoisotopic (exact) mass is 251 g/mol. The van der Waals surface area contributed by atoms with E-state index in [4.69, 9.17) is 0 Å². The molecule has 6 heteroatoms. The van der Waals surface area contributed by atoms with E-state index in [1.807, 2.05) is 18.5 Å². The van der Waals surface area contributed by atoms with Gasteiger partial charge >= 0.3 is 0 Å². The molecule has 0 saturated carbocycles. The van der Waals surface area contributed by atoms with Crippen molar-refractivity contribution < 1.29 is 4.79 Å². The van der Waals surface area contributed by atoms with Crippen LogP contribution in [0.25, 0.3) is 0 Å². The lowest BCUT2D eigenvalue weighted by molar-refractivity contribution is -0.125. The Hall–Kier alpha value is -1.43. The van der Waals surface area contributed by atoms with Crippen LogP contribution >= 0.6 is 0 Å². The molecule has 0 spiro atoms. The van der Waals surface area contributed by atoms with Crippen molar-refractivity contribution in [1.29, 1.82) is 0 Å². The summed E-state index contributed by atoms with van der Waals surface area (Å²) in [6.07, 6.45) is 3.88. The number of carbonyl (C=O) groups is 1. The van der Waals surface area contributed by atoms with E-state index in [-0.39, 0.29) is 18.0 Å². The molecule has 1 aliphatic rings. The summed E-state index contributed by atoms with van der Waals surface area (Å²) >= 11 is 0. The number of rotatable bonds is 3. The zero-order valence-electron chi connectivity index (χ0n) is 11.2. The highest BCUT2D eigenvalue weighted by atomic mass is 16.2. The first-order valence-electron chi connectivity index (χ1n) is 6.47. The fourth-order valence-electron chi connectivity index (χ4n) is 2.45. The summed E-state index contributed by atoms with van der Waals surface area (Å²) in [7, 11) is 1.87. The Bertz CT molecular complexity index is 416. The summed E-state index contributed by atoms with van der Waals surface area (Å²) in [6, 6.07) is -0.213. The van der Waals surface area contributed by atoms with Gasteiger partial charge in [-0.2, -0.15) is 0 Å². The molecular weight excluding hydrogens is 230 g/mol. The van der Waals surface area contributed by atoms with Gasteiger partial charge in [-0.25, -0.2) is 0 Å². The lowest BCUT2D eigenvalue weighted by Gasteiger charge is -2.29. The van der Waals surface area contributed by atoms with E-state index in [9.17, 15) is 4.79 Å². The molecule has 1 aromatic rings. The lowest BCUT2D eigenvalue weighted by atomic mass is 9.92. The number of carbonyl (C=O) groups excluding carboxylic acids is 1. The Morgan fingerprint density at radius 1 is 1.67 bits per heavy atom. The summed E-state index contributed by atoms with van der Waals surface area (Å²) in [5.74, 6) is 1.20. The molecule has 0 aliphatic carbocycles. The first-order valence-corrected chi connectivity index (χ1v) is 6.47. The molecule has 2 heterocycles. The van der Waals surface area contributed by atoms with Crippen LogP contribution in [0.15, 0.2) is 6.33 Å². The Morgan fingerprint density at radius 3 is 3.06 bits per heavy atom. The first kappa shape index (κ1) is 13.0. The van der Waals surface area contributed by atoms with Crippen LogP contribution in [0, 0.1) is 5.92 Å². The van der Waals surface area contributed by atoms with Crippen LogP contribution in [0.3, 0.4) is 0 Å². The molecule has 18 heavy (non-hydrogen) atoms. The molecule has 0 bridgehead atoms.